The van der Waals surface area contributed by atoms with Gasteiger partial charge in [0.2, 0.25) is 0 Å². The fourth-order valence-electron chi connectivity index (χ4n) is 2.20. The Hall–Kier alpha value is -1.29. The molecular weight excluding hydrogens is 219 g/mol. The van der Waals surface area contributed by atoms with E-state index in [4.69, 9.17) is 4.74 Å². The molecule has 0 aliphatic carbocycles. The van der Waals surface area contributed by atoms with Crippen LogP contribution in [0.2, 0.25) is 0 Å². The van der Waals surface area contributed by atoms with E-state index in [9.17, 15) is 4.39 Å². The first kappa shape index (κ1) is 12.2. The zero-order valence-corrected chi connectivity index (χ0v) is 10.7. The van der Waals surface area contributed by atoms with Gasteiger partial charge in [-0.2, -0.15) is 0 Å². The molecule has 0 radical (unpaired) electrons. The van der Waals surface area contributed by atoms with Crippen LogP contribution in [-0.2, 0) is 0 Å². The molecule has 2 rings (SSSR count). The number of ether oxygens (including phenoxy) is 1. The van der Waals surface area contributed by atoms with Gasteiger partial charge in [0.25, 0.3) is 0 Å². The molecule has 0 saturated carbocycles. The smallest absolute Gasteiger partial charge is 0.150 e. The second kappa shape index (κ2) is 4.92. The maximum atomic E-state index is 14.0. The lowest BCUT2D eigenvalue weighted by atomic mass is 10.1. The minimum Gasteiger partial charge on any atom is -0.494 e. The summed E-state index contributed by atoms with van der Waals surface area (Å²) in [5.41, 5.74) is 1.49. The van der Waals surface area contributed by atoms with Gasteiger partial charge < -0.3 is 14.5 Å². The van der Waals surface area contributed by atoms with E-state index in [1.54, 1.807) is 13.2 Å². The lowest BCUT2D eigenvalue weighted by Crippen LogP contribution is -2.45. The van der Waals surface area contributed by atoms with E-state index in [1.807, 2.05) is 13.0 Å². The zero-order chi connectivity index (χ0) is 12.4. The topological polar surface area (TPSA) is 15.7 Å². The lowest BCUT2D eigenvalue weighted by molar-refractivity contribution is 0.309. The highest BCUT2D eigenvalue weighted by atomic mass is 19.1. The summed E-state index contributed by atoms with van der Waals surface area (Å²) in [7, 11) is 3.67. The molecule has 0 bridgehead atoms. The molecule has 0 atom stereocenters. The average molecular weight is 238 g/mol. The van der Waals surface area contributed by atoms with Gasteiger partial charge in [0, 0.05) is 26.2 Å². The third-order valence-corrected chi connectivity index (χ3v) is 3.21. The Morgan fingerprint density at radius 2 is 1.82 bits per heavy atom. The molecule has 0 aromatic heterocycles. The van der Waals surface area contributed by atoms with Crippen LogP contribution < -0.4 is 9.64 Å². The number of hydrogen-bond donors (Lipinski definition) is 0. The molecule has 0 N–H and O–H groups in total. The van der Waals surface area contributed by atoms with Crippen molar-refractivity contribution < 1.29 is 9.13 Å². The number of hydrogen-bond acceptors (Lipinski definition) is 3. The number of anilines is 1. The van der Waals surface area contributed by atoms with Crippen molar-refractivity contribution in [2.24, 2.45) is 0 Å². The van der Waals surface area contributed by atoms with Gasteiger partial charge in [-0.15, -0.1) is 0 Å². The third-order valence-electron chi connectivity index (χ3n) is 3.21. The van der Waals surface area contributed by atoms with E-state index in [-0.39, 0.29) is 5.82 Å². The van der Waals surface area contributed by atoms with Crippen LogP contribution in [0.1, 0.15) is 5.56 Å². The number of piperazine rings is 1. The van der Waals surface area contributed by atoms with Crippen molar-refractivity contribution in [3.63, 3.8) is 0 Å². The Bertz CT molecular complexity index is 401. The summed E-state index contributed by atoms with van der Waals surface area (Å²) in [4.78, 5) is 4.31. The molecule has 1 aliphatic heterocycles. The molecule has 0 unspecified atom stereocenters. The first-order chi connectivity index (χ1) is 8.11. The number of halogens is 1. The predicted octanol–water partition coefficient (Wildman–Crippen LogP) is 1.89. The Morgan fingerprint density at radius 3 is 2.41 bits per heavy atom. The van der Waals surface area contributed by atoms with Gasteiger partial charge in [0.05, 0.1) is 7.11 Å². The number of benzene rings is 1. The zero-order valence-electron chi connectivity index (χ0n) is 10.7. The Labute approximate surface area is 102 Å². The number of nitrogens with zero attached hydrogens (tertiary/aromatic N) is 2. The molecule has 0 amide bonds. The second-order valence-corrected chi connectivity index (χ2v) is 4.59. The summed E-state index contributed by atoms with van der Waals surface area (Å²) < 4.78 is 19.3. The first-order valence-corrected chi connectivity index (χ1v) is 5.89. The minimum absolute atomic E-state index is 0.189. The summed E-state index contributed by atoms with van der Waals surface area (Å²) in [5.74, 6) is 0.443. The van der Waals surface area contributed by atoms with Crippen molar-refractivity contribution >= 4 is 5.69 Å². The maximum Gasteiger partial charge on any atom is 0.150 e. The van der Waals surface area contributed by atoms with Crippen LogP contribution in [0.4, 0.5) is 10.1 Å². The highest BCUT2D eigenvalue weighted by Gasteiger charge is 2.21. The van der Waals surface area contributed by atoms with E-state index >= 15 is 0 Å². The second-order valence-electron chi connectivity index (χ2n) is 4.59. The van der Waals surface area contributed by atoms with E-state index in [0.29, 0.717) is 11.4 Å². The van der Waals surface area contributed by atoms with Gasteiger partial charge in [-0.1, -0.05) is 0 Å². The van der Waals surface area contributed by atoms with E-state index in [2.05, 4.69) is 16.8 Å². The van der Waals surface area contributed by atoms with Crippen molar-refractivity contribution in [2.45, 2.75) is 6.92 Å². The Morgan fingerprint density at radius 1 is 1.18 bits per heavy atom. The van der Waals surface area contributed by atoms with Crippen molar-refractivity contribution in [3.8, 4) is 5.75 Å². The van der Waals surface area contributed by atoms with Crippen LogP contribution in [0.15, 0.2) is 12.1 Å². The molecule has 1 heterocycles. The molecule has 94 valence electrons. The molecule has 1 fully saturated rings. The van der Waals surface area contributed by atoms with Crippen molar-refractivity contribution in [3.05, 3.63) is 23.5 Å². The van der Waals surface area contributed by atoms with Gasteiger partial charge >= 0.3 is 0 Å². The fourth-order valence-corrected chi connectivity index (χ4v) is 2.20. The molecule has 1 aromatic rings. The number of likely N-dealkylation sites (N-methyl/N-ethyl adjacent to an activating group) is 1. The van der Waals surface area contributed by atoms with Crippen molar-refractivity contribution in [1.29, 1.82) is 0 Å². The molecule has 4 heteroatoms. The number of methoxy groups -OCH3 is 1. The largest absolute Gasteiger partial charge is 0.494 e. The van der Waals surface area contributed by atoms with Crippen LogP contribution in [0, 0.1) is 12.7 Å². The fraction of sp³-hybridized carbons (Fsp3) is 0.538. The molecule has 3 nitrogen and oxygen atoms in total. The van der Waals surface area contributed by atoms with Crippen molar-refractivity contribution in [1.82, 2.24) is 4.90 Å². The monoisotopic (exact) mass is 238 g/mol. The SMILES string of the molecule is COc1cc(C)cc(F)c1N1CCN(C)CC1. The minimum atomic E-state index is -0.189. The van der Waals surface area contributed by atoms with Crippen LogP contribution in [0.25, 0.3) is 0 Å². The normalized spacial score (nSPS) is 17.3. The van der Waals surface area contributed by atoms with E-state index in [1.165, 1.54) is 0 Å². The van der Waals surface area contributed by atoms with E-state index in [0.717, 1.165) is 31.7 Å². The highest BCUT2D eigenvalue weighted by molar-refractivity contribution is 5.61. The van der Waals surface area contributed by atoms with Crippen LogP contribution in [0.3, 0.4) is 0 Å². The molecule has 1 aromatic carbocycles. The summed E-state index contributed by atoms with van der Waals surface area (Å²) in [6.07, 6.45) is 0. The van der Waals surface area contributed by atoms with Gasteiger partial charge in [0.1, 0.15) is 11.4 Å². The third kappa shape index (κ3) is 2.52. The maximum absolute atomic E-state index is 14.0. The van der Waals surface area contributed by atoms with Crippen LogP contribution >= 0.6 is 0 Å². The molecule has 1 aliphatic rings. The first-order valence-electron chi connectivity index (χ1n) is 5.89. The Kier molecular flexibility index (Phi) is 3.52. The van der Waals surface area contributed by atoms with Gasteiger partial charge in [-0.05, 0) is 31.7 Å². The Balaban J connectivity index is 2.31. The van der Waals surface area contributed by atoms with Gasteiger partial charge in [-0.3, -0.25) is 0 Å². The van der Waals surface area contributed by atoms with Crippen LogP contribution in [-0.4, -0.2) is 45.2 Å². The summed E-state index contributed by atoms with van der Waals surface area (Å²) in [5, 5.41) is 0. The molecular formula is C13H19FN2O. The van der Waals surface area contributed by atoms with E-state index < -0.39 is 0 Å². The number of rotatable bonds is 2. The molecule has 0 spiro atoms. The number of aryl methyl sites for hydroxylation is 1. The quantitative estimate of drug-likeness (QED) is 0.782. The van der Waals surface area contributed by atoms with Gasteiger partial charge in [0.15, 0.2) is 5.82 Å². The molecule has 1 saturated heterocycles. The van der Waals surface area contributed by atoms with Gasteiger partial charge in [-0.25, -0.2) is 4.39 Å². The summed E-state index contributed by atoms with van der Waals surface area (Å²) >= 11 is 0. The predicted molar refractivity (Wildman–Crippen MR) is 67.4 cm³/mol. The molecule has 17 heavy (non-hydrogen) atoms. The summed E-state index contributed by atoms with van der Waals surface area (Å²) in [6.45, 7) is 5.46. The van der Waals surface area contributed by atoms with Crippen LogP contribution in [0.5, 0.6) is 5.75 Å². The highest BCUT2D eigenvalue weighted by Crippen LogP contribution is 2.33. The standard InChI is InChI=1S/C13H19FN2O/c1-10-8-11(14)13(12(9-10)17-3)16-6-4-15(2)5-7-16/h8-9H,4-7H2,1-3H3. The lowest BCUT2D eigenvalue weighted by Gasteiger charge is -2.35. The summed E-state index contributed by atoms with van der Waals surface area (Å²) in [6, 6.07) is 3.45. The average Bonchev–Trinajstić information content (AvgIpc) is 2.30. The van der Waals surface area contributed by atoms with Crippen molar-refractivity contribution in [2.75, 3.05) is 45.2 Å².